The predicted molar refractivity (Wildman–Crippen MR) is 96.9 cm³/mol. The van der Waals surface area contributed by atoms with E-state index in [9.17, 15) is 10.1 Å². The van der Waals surface area contributed by atoms with E-state index in [0.717, 1.165) is 11.9 Å². The normalized spacial score (nSPS) is 10.5. The van der Waals surface area contributed by atoms with Crippen molar-refractivity contribution in [3.63, 3.8) is 0 Å². The molecule has 0 amide bonds. The molecule has 1 aromatic heterocycles. The second kappa shape index (κ2) is 8.09. The highest BCUT2D eigenvalue weighted by Gasteiger charge is 2.25. The van der Waals surface area contributed by atoms with Crippen LogP contribution in [0.5, 0.6) is 0 Å². The molecule has 0 saturated carbocycles. The van der Waals surface area contributed by atoms with Crippen molar-refractivity contribution in [3.05, 3.63) is 25.1 Å². The second-order valence-electron chi connectivity index (χ2n) is 4.39. The average Bonchev–Trinajstić information content (AvgIpc) is 2.76. The molecule has 0 unspecified atom stereocenters. The molecule has 122 valence electrons. The quantitative estimate of drug-likeness (QED) is 0.392. The van der Waals surface area contributed by atoms with Gasteiger partial charge in [-0.1, -0.05) is 0 Å². The average molecular weight is 458 g/mol. The second-order valence-corrected chi connectivity index (χ2v) is 6.04. The highest BCUT2D eigenvalue weighted by atomic mass is 79.9. The summed E-state index contributed by atoms with van der Waals surface area (Å²) in [7, 11) is 0. The molecule has 0 saturated heterocycles. The number of aromatic nitrogens is 2. The molecule has 0 spiro atoms. The maximum Gasteiger partial charge on any atom is 0.312 e. The highest BCUT2D eigenvalue weighted by molar-refractivity contribution is 9.13. The predicted octanol–water partition coefficient (Wildman–Crippen LogP) is 3.67. The topological polar surface area (TPSA) is 99.0 Å². The van der Waals surface area contributed by atoms with E-state index in [1.54, 1.807) is 0 Å². The van der Waals surface area contributed by atoms with Crippen LogP contribution in [0, 0.1) is 10.1 Å². The van der Waals surface area contributed by atoms with Gasteiger partial charge in [-0.25, -0.2) is 4.98 Å². The molecule has 3 N–H and O–H groups in total. The number of nitrogens with one attached hydrogen (secondary N) is 1. The van der Waals surface area contributed by atoms with E-state index in [4.69, 9.17) is 5.73 Å². The minimum atomic E-state index is -0.423. The number of nitrogens with zero attached hydrogens (tertiary/aromatic N) is 3. The number of hydrogen-bond donors (Lipinski definition) is 2. The molecule has 0 atom stereocenters. The van der Waals surface area contributed by atoms with Crippen molar-refractivity contribution in [3.8, 4) is 0 Å². The third-order valence-electron chi connectivity index (χ3n) is 3.07. The molecule has 0 aliphatic carbocycles. The molecule has 0 fully saturated rings. The van der Waals surface area contributed by atoms with Gasteiger partial charge in [0, 0.05) is 17.6 Å². The summed E-state index contributed by atoms with van der Waals surface area (Å²) in [5, 5.41) is 14.5. The Bertz CT molecular complexity index is 692. The lowest BCUT2D eigenvalue weighted by atomic mass is 10.2. The molecule has 0 aliphatic heterocycles. The van der Waals surface area contributed by atoms with Crippen molar-refractivity contribution in [1.82, 2.24) is 9.55 Å². The molecule has 0 bridgehead atoms. The lowest BCUT2D eigenvalue weighted by molar-refractivity contribution is -0.384. The van der Waals surface area contributed by atoms with E-state index in [0.29, 0.717) is 40.0 Å². The molecule has 10 heteroatoms. The number of benzene rings is 1. The highest BCUT2D eigenvalue weighted by Crippen LogP contribution is 2.39. The van der Waals surface area contributed by atoms with Crippen LogP contribution in [-0.4, -0.2) is 27.6 Å². The first-order valence-corrected chi connectivity index (χ1v) is 8.06. The molecule has 1 heterocycles. The van der Waals surface area contributed by atoms with Crippen LogP contribution in [0.4, 0.5) is 11.6 Å². The molecule has 0 radical (unpaired) electrons. The summed E-state index contributed by atoms with van der Waals surface area (Å²) in [4.78, 5) is 15.3. The minimum Gasteiger partial charge on any atom is -0.356 e. The van der Waals surface area contributed by atoms with Gasteiger partial charge in [-0.05, 0) is 57.8 Å². The number of halogens is 3. The lowest BCUT2D eigenvalue weighted by Crippen LogP contribution is -2.11. The fourth-order valence-electron chi connectivity index (χ4n) is 2.11. The Morgan fingerprint density at radius 3 is 2.73 bits per heavy atom. The third kappa shape index (κ3) is 3.53. The number of nitro benzene ring substituents is 1. The molecule has 1 aromatic carbocycles. The number of anilines is 1. The number of nitro groups is 1. The molecule has 7 nitrogen and oxygen atoms in total. The van der Waals surface area contributed by atoms with Gasteiger partial charge in [0.2, 0.25) is 5.95 Å². The Balaban J connectivity index is 0.00000242. The Labute approximate surface area is 150 Å². The number of hydrogen-bond acceptors (Lipinski definition) is 5. The van der Waals surface area contributed by atoms with Crippen LogP contribution in [0.25, 0.3) is 11.0 Å². The minimum absolute atomic E-state index is 0. The van der Waals surface area contributed by atoms with Crippen molar-refractivity contribution in [2.75, 3.05) is 18.4 Å². The number of imidazole rings is 1. The van der Waals surface area contributed by atoms with Crippen molar-refractivity contribution in [1.29, 1.82) is 0 Å². The van der Waals surface area contributed by atoms with Crippen molar-refractivity contribution < 1.29 is 4.92 Å². The standard InChI is InChI=1S/C12H15Br2N5O2.ClH/c1-2-18-8-6-7(13)9(14)11(19(20)21)10(8)17-12(18)16-5-3-4-15;/h6H,2-5,15H2,1H3,(H,16,17);1H. The molecule has 2 rings (SSSR count). The van der Waals surface area contributed by atoms with Crippen molar-refractivity contribution in [2.45, 2.75) is 19.9 Å². The first-order chi connectivity index (χ1) is 10.0. The zero-order chi connectivity index (χ0) is 15.6. The van der Waals surface area contributed by atoms with Gasteiger partial charge in [-0.15, -0.1) is 12.4 Å². The van der Waals surface area contributed by atoms with Gasteiger partial charge in [0.1, 0.15) is 4.47 Å². The van der Waals surface area contributed by atoms with E-state index < -0.39 is 4.92 Å². The molecule has 2 aromatic rings. The van der Waals surface area contributed by atoms with Crippen LogP contribution < -0.4 is 11.1 Å². The maximum absolute atomic E-state index is 11.3. The van der Waals surface area contributed by atoms with Crippen LogP contribution in [0.2, 0.25) is 0 Å². The van der Waals surface area contributed by atoms with Crippen molar-refractivity contribution in [2.24, 2.45) is 5.73 Å². The molecular weight excluding hydrogens is 441 g/mol. The van der Waals surface area contributed by atoms with Gasteiger partial charge in [-0.3, -0.25) is 10.1 Å². The lowest BCUT2D eigenvalue weighted by Gasteiger charge is -2.08. The number of nitrogens with two attached hydrogens (primary N) is 1. The molecular formula is C12H16Br2ClN5O2. The summed E-state index contributed by atoms with van der Waals surface area (Å²) < 4.78 is 2.94. The fraction of sp³-hybridized carbons (Fsp3) is 0.417. The largest absolute Gasteiger partial charge is 0.356 e. The smallest absolute Gasteiger partial charge is 0.312 e. The maximum atomic E-state index is 11.3. The summed E-state index contributed by atoms with van der Waals surface area (Å²) in [5.74, 6) is 0.619. The van der Waals surface area contributed by atoms with Gasteiger partial charge >= 0.3 is 5.69 Å². The Morgan fingerprint density at radius 2 is 2.18 bits per heavy atom. The summed E-state index contributed by atoms with van der Waals surface area (Å²) in [6.45, 7) is 3.89. The summed E-state index contributed by atoms with van der Waals surface area (Å²) in [6.07, 6.45) is 0.808. The van der Waals surface area contributed by atoms with E-state index in [1.807, 2.05) is 17.6 Å². The van der Waals surface area contributed by atoms with Crippen LogP contribution >= 0.6 is 44.3 Å². The number of aryl methyl sites for hydroxylation is 1. The Morgan fingerprint density at radius 1 is 1.50 bits per heavy atom. The van der Waals surface area contributed by atoms with E-state index in [-0.39, 0.29) is 18.1 Å². The summed E-state index contributed by atoms with van der Waals surface area (Å²) in [6, 6.07) is 1.83. The fourth-order valence-corrected chi connectivity index (χ4v) is 2.96. The van der Waals surface area contributed by atoms with Crippen LogP contribution in [-0.2, 0) is 6.54 Å². The van der Waals surface area contributed by atoms with Gasteiger partial charge in [0.15, 0.2) is 5.52 Å². The van der Waals surface area contributed by atoms with Crippen molar-refractivity contribution >= 4 is 66.9 Å². The summed E-state index contributed by atoms with van der Waals surface area (Å²) in [5.41, 5.74) is 6.52. The Kier molecular flexibility index (Phi) is 7.04. The summed E-state index contributed by atoms with van der Waals surface area (Å²) >= 11 is 6.59. The van der Waals surface area contributed by atoms with Gasteiger partial charge in [-0.2, -0.15) is 0 Å². The zero-order valence-corrected chi connectivity index (χ0v) is 15.8. The molecule has 0 aliphatic rings. The third-order valence-corrected chi connectivity index (χ3v) is 5.04. The number of rotatable bonds is 6. The van der Waals surface area contributed by atoms with Gasteiger partial charge in [0.25, 0.3) is 0 Å². The SMILES string of the molecule is CCn1c(NCCCN)nc2c([N+](=O)[O-])c(Br)c(Br)cc21.Cl. The monoisotopic (exact) mass is 455 g/mol. The first-order valence-electron chi connectivity index (χ1n) is 6.47. The van der Waals surface area contributed by atoms with E-state index in [2.05, 4.69) is 42.2 Å². The van der Waals surface area contributed by atoms with Crippen LogP contribution in [0.3, 0.4) is 0 Å². The van der Waals surface area contributed by atoms with Crippen LogP contribution in [0.1, 0.15) is 13.3 Å². The van der Waals surface area contributed by atoms with E-state index >= 15 is 0 Å². The molecule has 22 heavy (non-hydrogen) atoms. The zero-order valence-electron chi connectivity index (χ0n) is 11.8. The van der Waals surface area contributed by atoms with Crippen LogP contribution in [0.15, 0.2) is 15.0 Å². The number of fused-ring (bicyclic) bond motifs is 1. The Hall–Kier alpha value is -0.900. The first kappa shape index (κ1) is 19.1. The van der Waals surface area contributed by atoms with E-state index in [1.165, 1.54) is 0 Å². The van der Waals surface area contributed by atoms with Gasteiger partial charge in [0.05, 0.1) is 10.4 Å². The van der Waals surface area contributed by atoms with Gasteiger partial charge < -0.3 is 15.6 Å².